The van der Waals surface area contributed by atoms with Crippen LogP contribution in [0.2, 0.25) is 5.02 Å². The van der Waals surface area contributed by atoms with Gasteiger partial charge in [0.2, 0.25) is 5.89 Å². The van der Waals surface area contributed by atoms with Gasteiger partial charge in [0.25, 0.3) is 5.89 Å². The molecular formula is C13H14Cl2N2O2. The molecule has 0 bridgehead atoms. The lowest BCUT2D eigenvalue weighted by Crippen LogP contribution is -1.96. The molecule has 0 unspecified atom stereocenters. The van der Waals surface area contributed by atoms with Crippen LogP contribution in [-0.4, -0.2) is 16.1 Å². The van der Waals surface area contributed by atoms with E-state index in [4.69, 9.17) is 32.4 Å². The number of hydrogen-bond acceptors (Lipinski definition) is 4. The summed E-state index contributed by atoms with van der Waals surface area (Å²) in [6, 6.07) is 5.47. The van der Waals surface area contributed by atoms with Gasteiger partial charge in [-0.05, 0) is 37.1 Å². The van der Waals surface area contributed by atoms with Crippen LogP contribution >= 0.6 is 23.2 Å². The molecule has 0 atom stereocenters. The Labute approximate surface area is 121 Å². The Hall–Kier alpha value is -1.26. The molecule has 4 nitrogen and oxygen atoms in total. The van der Waals surface area contributed by atoms with Crippen molar-refractivity contribution >= 4 is 23.2 Å². The Morgan fingerprint density at radius 1 is 1.26 bits per heavy atom. The molecule has 0 radical (unpaired) electrons. The number of benzene rings is 1. The van der Waals surface area contributed by atoms with Crippen molar-refractivity contribution in [3.63, 3.8) is 0 Å². The van der Waals surface area contributed by atoms with Crippen LogP contribution in [0.25, 0.3) is 0 Å². The fraction of sp³-hybridized carbons (Fsp3) is 0.385. The highest BCUT2D eigenvalue weighted by atomic mass is 35.5. The summed E-state index contributed by atoms with van der Waals surface area (Å²) in [4.78, 5) is 0. The van der Waals surface area contributed by atoms with Crippen LogP contribution in [0.3, 0.4) is 0 Å². The fourth-order valence-electron chi connectivity index (χ4n) is 1.52. The van der Waals surface area contributed by atoms with Crippen molar-refractivity contribution < 1.29 is 9.15 Å². The van der Waals surface area contributed by atoms with Gasteiger partial charge in [-0.25, -0.2) is 0 Å². The second-order valence-electron chi connectivity index (χ2n) is 4.08. The van der Waals surface area contributed by atoms with E-state index in [1.165, 1.54) is 0 Å². The van der Waals surface area contributed by atoms with Crippen LogP contribution in [-0.2, 0) is 13.0 Å². The van der Waals surface area contributed by atoms with Gasteiger partial charge in [0.05, 0.1) is 0 Å². The van der Waals surface area contributed by atoms with Gasteiger partial charge in [-0.2, -0.15) is 0 Å². The molecule has 1 heterocycles. The van der Waals surface area contributed by atoms with Crippen LogP contribution in [0, 0.1) is 6.92 Å². The summed E-state index contributed by atoms with van der Waals surface area (Å²) in [5.74, 6) is 2.35. The monoisotopic (exact) mass is 300 g/mol. The molecule has 1 aromatic carbocycles. The van der Waals surface area contributed by atoms with Gasteiger partial charge < -0.3 is 9.15 Å². The summed E-state index contributed by atoms with van der Waals surface area (Å²) in [7, 11) is 0. The Morgan fingerprint density at radius 2 is 2.05 bits per heavy atom. The maximum atomic E-state index is 5.94. The number of alkyl halides is 1. The highest BCUT2D eigenvalue weighted by Crippen LogP contribution is 2.21. The third-order valence-corrected chi connectivity index (χ3v) is 3.22. The molecular weight excluding hydrogens is 287 g/mol. The third kappa shape index (κ3) is 4.11. The molecule has 0 aliphatic rings. The number of aryl methyl sites for hydroxylation is 2. The van der Waals surface area contributed by atoms with Crippen LogP contribution in [0.1, 0.15) is 23.8 Å². The SMILES string of the molecule is Cc1cc(OCc2nnc(CCCCl)o2)ccc1Cl. The number of ether oxygens (including phenoxy) is 1. The summed E-state index contributed by atoms with van der Waals surface area (Å²) in [5.41, 5.74) is 0.965. The van der Waals surface area contributed by atoms with Crippen LogP contribution < -0.4 is 4.74 Å². The molecule has 19 heavy (non-hydrogen) atoms. The van der Waals surface area contributed by atoms with Crippen LogP contribution in [0.5, 0.6) is 5.75 Å². The van der Waals surface area contributed by atoms with Gasteiger partial charge in [0.1, 0.15) is 5.75 Å². The fourth-order valence-corrected chi connectivity index (χ4v) is 1.77. The van der Waals surface area contributed by atoms with E-state index >= 15 is 0 Å². The molecule has 2 aromatic rings. The van der Waals surface area contributed by atoms with Crippen molar-refractivity contribution in [2.24, 2.45) is 0 Å². The van der Waals surface area contributed by atoms with Gasteiger partial charge >= 0.3 is 0 Å². The normalized spacial score (nSPS) is 10.7. The van der Waals surface area contributed by atoms with Crippen molar-refractivity contribution in [3.05, 3.63) is 40.6 Å². The third-order valence-electron chi connectivity index (χ3n) is 2.52. The molecule has 102 valence electrons. The summed E-state index contributed by atoms with van der Waals surface area (Å²) < 4.78 is 11.0. The molecule has 0 saturated carbocycles. The van der Waals surface area contributed by atoms with Crippen molar-refractivity contribution in [2.45, 2.75) is 26.4 Å². The number of rotatable bonds is 6. The standard InChI is InChI=1S/C13H14Cl2N2O2/c1-9-7-10(4-5-11(9)15)18-8-13-17-16-12(19-13)3-2-6-14/h4-5,7H,2-3,6,8H2,1H3. The Bertz CT molecular complexity index is 543. The Balaban J connectivity index is 1.91. The van der Waals surface area contributed by atoms with E-state index in [9.17, 15) is 0 Å². The van der Waals surface area contributed by atoms with E-state index in [1.54, 1.807) is 12.1 Å². The minimum atomic E-state index is 0.245. The second kappa shape index (κ2) is 6.78. The smallest absolute Gasteiger partial charge is 0.253 e. The highest BCUT2D eigenvalue weighted by molar-refractivity contribution is 6.31. The molecule has 0 amide bonds. The predicted molar refractivity (Wildman–Crippen MR) is 73.9 cm³/mol. The van der Waals surface area contributed by atoms with E-state index in [2.05, 4.69) is 10.2 Å². The number of aromatic nitrogens is 2. The first-order valence-corrected chi connectivity index (χ1v) is 6.86. The molecule has 0 aliphatic carbocycles. The zero-order valence-electron chi connectivity index (χ0n) is 10.5. The maximum absolute atomic E-state index is 5.94. The van der Waals surface area contributed by atoms with E-state index < -0.39 is 0 Å². The molecule has 0 saturated heterocycles. The molecule has 0 fully saturated rings. The number of hydrogen-bond donors (Lipinski definition) is 0. The van der Waals surface area contributed by atoms with Crippen LogP contribution in [0.15, 0.2) is 22.6 Å². The van der Waals surface area contributed by atoms with Gasteiger partial charge in [-0.1, -0.05) is 11.6 Å². The van der Waals surface area contributed by atoms with Crippen LogP contribution in [0.4, 0.5) is 0 Å². The number of nitrogens with zero attached hydrogens (tertiary/aromatic N) is 2. The molecule has 0 N–H and O–H groups in total. The lowest BCUT2D eigenvalue weighted by molar-refractivity contribution is 0.258. The first-order valence-electron chi connectivity index (χ1n) is 5.95. The lowest BCUT2D eigenvalue weighted by atomic mass is 10.2. The molecule has 0 spiro atoms. The zero-order chi connectivity index (χ0) is 13.7. The van der Waals surface area contributed by atoms with Gasteiger partial charge in [-0.15, -0.1) is 21.8 Å². The molecule has 2 rings (SSSR count). The molecule has 0 aliphatic heterocycles. The van der Waals surface area contributed by atoms with E-state index in [0.717, 1.165) is 17.7 Å². The quantitative estimate of drug-likeness (QED) is 0.762. The predicted octanol–water partition coefficient (Wildman–Crippen LogP) is 3.78. The minimum Gasteiger partial charge on any atom is -0.484 e. The lowest BCUT2D eigenvalue weighted by Gasteiger charge is -2.05. The average molecular weight is 301 g/mol. The summed E-state index contributed by atoms with van der Waals surface area (Å²) in [6.45, 7) is 2.17. The van der Waals surface area contributed by atoms with E-state index in [-0.39, 0.29) is 6.61 Å². The van der Waals surface area contributed by atoms with Crippen molar-refractivity contribution in [2.75, 3.05) is 5.88 Å². The Kier molecular flexibility index (Phi) is 5.05. The first kappa shape index (κ1) is 14.2. The second-order valence-corrected chi connectivity index (χ2v) is 4.87. The average Bonchev–Trinajstić information content (AvgIpc) is 2.86. The summed E-state index contributed by atoms with van der Waals surface area (Å²) >= 11 is 11.5. The summed E-state index contributed by atoms with van der Waals surface area (Å²) in [5, 5.41) is 8.55. The maximum Gasteiger partial charge on any atom is 0.253 e. The van der Waals surface area contributed by atoms with Crippen molar-refractivity contribution in [1.82, 2.24) is 10.2 Å². The van der Waals surface area contributed by atoms with E-state index in [1.807, 2.05) is 13.0 Å². The van der Waals surface area contributed by atoms with Gasteiger partial charge in [0, 0.05) is 17.3 Å². The van der Waals surface area contributed by atoms with Gasteiger partial charge in [-0.3, -0.25) is 0 Å². The molecule has 1 aromatic heterocycles. The van der Waals surface area contributed by atoms with Gasteiger partial charge in [0.15, 0.2) is 6.61 Å². The Morgan fingerprint density at radius 3 is 2.79 bits per heavy atom. The topological polar surface area (TPSA) is 48.2 Å². The van der Waals surface area contributed by atoms with Crippen molar-refractivity contribution in [3.8, 4) is 5.75 Å². The van der Waals surface area contributed by atoms with E-state index in [0.29, 0.717) is 29.1 Å². The highest BCUT2D eigenvalue weighted by Gasteiger charge is 2.07. The van der Waals surface area contributed by atoms with Crippen molar-refractivity contribution in [1.29, 1.82) is 0 Å². The zero-order valence-corrected chi connectivity index (χ0v) is 12.0. The first-order chi connectivity index (χ1) is 9.19. The number of halogens is 2. The molecule has 6 heteroatoms. The largest absolute Gasteiger partial charge is 0.484 e. The minimum absolute atomic E-state index is 0.245. The summed E-state index contributed by atoms with van der Waals surface area (Å²) in [6.07, 6.45) is 1.51.